The summed E-state index contributed by atoms with van der Waals surface area (Å²) in [5.74, 6) is -0.932. The van der Waals surface area contributed by atoms with Crippen molar-refractivity contribution >= 4 is 17.9 Å². The molecule has 0 spiro atoms. The smallest absolute Gasteiger partial charge is 0.306 e. The lowest BCUT2D eigenvalue weighted by Gasteiger charge is -2.18. The highest BCUT2D eigenvalue weighted by molar-refractivity contribution is 5.71. The Hall–Kier alpha value is -3.67. The minimum Gasteiger partial charge on any atom is -0.462 e. The van der Waals surface area contributed by atoms with Crippen LogP contribution in [0.2, 0.25) is 0 Å². The molecular weight excluding hydrogens is 817 g/mol. The van der Waals surface area contributed by atoms with Gasteiger partial charge in [0, 0.05) is 19.3 Å². The largest absolute Gasteiger partial charge is 0.462 e. The Morgan fingerprint density at radius 2 is 0.667 bits per heavy atom. The van der Waals surface area contributed by atoms with E-state index in [0.717, 1.165) is 116 Å². The standard InChI is InChI=1S/C60H100O6/c1-4-7-10-13-16-19-22-24-26-28-30-32-33-35-38-41-44-47-50-53-59(62)65-56-57(55-64-58(61)52-49-46-43-40-37-21-18-15-12-9-6-3)66-60(63)54-51-48-45-42-39-36-34-31-29-27-25-23-20-17-14-11-8-5-2/h7,10,15-20,23-27,29,31,34,57H,4-6,8-9,11-14,21-22,28,30,32-33,35-56H2,1-3H3/b10-7-,18-15-,19-16-,20-17-,25-23-,26-24-,29-27-,34-31-. The van der Waals surface area contributed by atoms with Crippen LogP contribution in [0.3, 0.4) is 0 Å². The van der Waals surface area contributed by atoms with E-state index in [1.807, 2.05) is 0 Å². The van der Waals surface area contributed by atoms with Crippen molar-refractivity contribution in [3.05, 3.63) is 97.2 Å². The van der Waals surface area contributed by atoms with Crippen molar-refractivity contribution in [2.45, 2.75) is 252 Å². The van der Waals surface area contributed by atoms with Crippen molar-refractivity contribution in [2.24, 2.45) is 0 Å². The Morgan fingerprint density at radius 3 is 1.12 bits per heavy atom. The van der Waals surface area contributed by atoms with E-state index >= 15 is 0 Å². The third kappa shape index (κ3) is 51.3. The second-order valence-corrected chi connectivity index (χ2v) is 17.8. The molecule has 0 fully saturated rings. The summed E-state index contributed by atoms with van der Waals surface area (Å²) in [5, 5.41) is 0. The van der Waals surface area contributed by atoms with Gasteiger partial charge in [-0.05, 0) is 96.3 Å². The highest BCUT2D eigenvalue weighted by Crippen LogP contribution is 2.14. The lowest BCUT2D eigenvalue weighted by Crippen LogP contribution is -2.30. The summed E-state index contributed by atoms with van der Waals surface area (Å²) >= 11 is 0. The Balaban J connectivity index is 4.42. The molecule has 0 rings (SSSR count). The first-order valence-electron chi connectivity index (χ1n) is 27.3. The Bertz CT molecular complexity index is 1330. The quantitative estimate of drug-likeness (QED) is 0.0199. The molecule has 0 aromatic rings. The van der Waals surface area contributed by atoms with Gasteiger partial charge < -0.3 is 14.2 Å². The Labute approximate surface area is 407 Å². The molecule has 6 nitrogen and oxygen atoms in total. The van der Waals surface area contributed by atoms with Gasteiger partial charge in [0.15, 0.2) is 6.10 Å². The van der Waals surface area contributed by atoms with E-state index in [9.17, 15) is 14.4 Å². The van der Waals surface area contributed by atoms with E-state index in [-0.39, 0.29) is 31.1 Å². The zero-order valence-electron chi connectivity index (χ0n) is 42.9. The average Bonchev–Trinajstić information content (AvgIpc) is 3.31. The van der Waals surface area contributed by atoms with Gasteiger partial charge in [-0.2, -0.15) is 0 Å². The van der Waals surface area contributed by atoms with E-state index in [1.54, 1.807) is 0 Å². The molecule has 0 aliphatic carbocycles. The fraction of sp³-hybridized carbons (Fsp3) is 0.683. The zero-order valence-corrected chi connectivity index (χ0v) is 42.9. The van der Waals surface area contributed by atoms with Crippen LogP contribution in [0.25, 0.3) is 0 Å². The number of ether oxygens (including phenoxy) is 3. The fourth-order valence-electron chi connectivity index (χ4n) is 7.27. The molecule has 376 valence electrons. The first kappa shape index (κ1) is 62.3. The van der Waals surface area contributed by atoms with Crippen LogP contribution in [-0.2, 0) is 28.6 Å². The molecule has 0 saturated heterocycles. The van der Waals surface area contributed by atoms with Crippen molar-refractivity contribution in [1.82, 2.24) is 0 Å². The highest BCUT2D eigenvalue weighted by atomic mass is 16.6. The van der Waals surface area contributed by atoms with Gasteiger partial charge in [-0.3, -0.25) is 14.4 Å². The molecule has 0 amide bonds. The minimum atomic E-state index is -0.796. The zero-order chi connectivity index (χ0) is 47.9. The maximum atomic E-state index is 12.8. The van der Waals surface area contributed by atoms with Gasteiger partial charge in [-0.15, -0.1) is 0 Å². The maximum absolute atomic E-state index is 12.8. The average molecular weight is 917 g/mol. The molecule has 1 atom stereocenters. The summed E-state index contributed by atoms with van der Waals surface area (Å²) in [6, 6.07) is 0. The van der Waals surface area contributed by atoms with Crippen molar-refractivity contribution in [1.29, 1.82) is 0 Å². The molecule has 0 aromatic heterocycles. The summed E-state index contributed by atoms with van der Waals surface area (Å²) in [5.41, 5.74) is 0. The molecule has 0 saturated carbocycles. The van der Waals surface area contributed by atoms with Crippen LogP contribution in [-0.4, -0.2) is 37.2 Å². The molecule has 0 aromatic carbocycles. The van der Waals surface area contributed by atoms with Gasteiger partial charge in [0.05, 0.1) is 0 Å². The van der Waals surface area contributed by atoms with Gasteiger partial charge in [0.1, 0.15) is 13.2 Å². The molecule has 0 heterocycles. The van der Waals surface area contributed by atoms with Crippen LogP contribution in [0.5, 0.6) is 0 Å². The van der Waals surface area contributed by atoms with Gasteiger partial charge in [-0.1, -0.05) is 227 Å². The predicted octanol–water partition coefficient (Wildman–Crippen LogP) is 18.1. The van der Waals surface area contributed by atoms with Crippen LogP contribution in [0.4, 0.5) is 0 Å². The van der Waals surface area contributed by atoms with Crippen molar-refractivity contribution in [2.75, 3.05) is 13.2 Å². The fourth-order valence-corrected chi connectivity index (χ4v) is 7.27. The number of carbonyl (C=O) groups is 3. The first-order valence-corrected chi connectivity index (χ1v) is 27.3. The van der Waals surface area contributed by atoms with Gasteiger partial charge in [-0.25, -0.2) is 0 Å². The minimum absolute atomic E-state index is 0.0936. The molecule has 0 bridgehead atoms. The second kappa shape index (κ2) is 53.9. The molecule has 0 aliphatic rings. The number of carbonyl (C=O) groups excluding carboxylic acids is 3. The summed E-state index contributed by atoms with van der Waals surface area (Å²) in [7, 11) is 0. The number of esters is 3. The summed E-state index contributed by atoms with van der Waals surface area (Å²) in [4.78, 5) is 38.0. The van der Waals surface area contributed by atoms with Crippen molar-refractivity contribution < 1.29 is 28.6 Å². The van der Waals surface area contributed by atoms with E-state index in [0.29, 0.717) is 19.3 Å². The van der Waals surface area contributed by atoms with Gasteiger partial charge >= 0.3 is 17.9 Å². The van der Waals surface area contributed by atoms with E-state index < -0.39 is 6.10 Å². The highest BCUT2D eigenvalue weighted by Gasteiger charge is 2.19. The SMILES string of the molecule is CC/C=C\C/C=C\C/C=C\CCCCCCCCCCCC(=O)OCC(COC(=O)CCCCCCC/C=C\CCCC)OC(=O)CCCCCCC\C=C/C=C\C=C/C=C\CCCCC. The molecule has 6 heteroatoms. The van der Waals surface area contributed by atoms with Gasteiger partial charge in [0.2, 0.25) is 0 Å². The van der Waals surface area contributed by atoms with Crippen molar-refractivity contribution in [3.63, 3.8) is 0 Å². The first-order chi connectivity index (χ1) is 32.5. The molecular formula is C60H100O6. The molecule has 0 N–H and O–H groups in total. The lowest BCUT2D eigenvalue weighted by molar-refractivity contribution is -0.167. The Kier molecular flexibility index (Phi) is 50.9. The van der Waals surface area contributed by atoms with Crippen LogP contribution >= 0.6 is 0 Å². The van der Waals surface area contributed by atoms with Crippen LogP contribution in [0.1, 0.15) is 245 Å². The van der Waals surface area contributed by atoms with E-state index in [4.69, 9.17) is 14.2 Å². The number of unbranched alkanes of at least 4 members (excludes halogenated alkanes) is 24. The van der Waals surface area contributed by atoms with Crippen LogP contribution < -0.4 is 0 Å². The monoisotopic (exact) mass is 917 g/mol. The summed E-state index contributed by atoms with van der Waals surface area (Å²) in [6.07, 6.45) is 71.0. The third-order valence-corrected chi connectivity index (χ3v) is 11.4. The Morgan fingerprint density at radius 1 is 0.333 bits per heavy atom. The maximum Gasteiger partial charge on any atom is 0.306 e. The second-order valence-electron chi connectivity index (χ2n) is 17.8. The van der Waals surface area contributed by atoms with E-state index in [2.05, 4.69) is 118 Å². The van der Waals surface area contributed by atoms with Crippen molar-refractivity contribution in [3.8, 4) is 0 Å². The van der Waals surface area contributed by atoms with Gasteiger partial charge in [0.25, 0.3) is 0 Å². The molecule has 66 heavy (non-hydrogen) atoms. The van der Waals surface area contributed by atoms with Crippen LogP contribution in [0, 0.1) is 0 Å². The number of hydrogen-bond acceptors (Lipinski definition) is 6. The van der Waals surface area contributed by atoms with Crippen LogP contribution in [0.15, 0.2) is 97.2 Å². The molecule has 1 unspecified atom stereocenters. The normalized spacial score (nSPS) is 12.8. The predicted molar refractivity (Wildman–Crippen MR) is 284 cm³/mol. The molecule has 0 radical (unpaired) electrons. The number of rotatable bonds is 48. The number of allylic oxidation sites excluding steroid dienone is 16. The topological polar surface area (TPSA) is 78.9 Å². The molecule has 0 aliphatic heterocycles. The lowest BCUT2D eigenvalue weighted by atomic mass is 10.1. The number of hydrogen-bond donors (Lipinski definition) is 0. The third-order valence-electron chi connectivity index (χ3n) is 11.4. The van der Waals surface area contributed by atoms with E-state index in [1.165, 1.54) is 89.9 Å². The summed E-state index contributed by atoms with van der Waals surface area (Å²) < 4.78 is 16.8. The summed E-state index contributed by atoms with van der Waals surface area (Å²) in [6.45, 7) is 6.42.